The predicted octanol–water partition coefficient (Wildman–Crippen LogP) is 3.69. The summed E-state index contributed by atoms with van der Waals surface area (Å²) >= 11 is 0. The molecule has 0 aliphatic carbocycles. The van der Waals surface area contributed by atoms with E-state index in [9.17, 15) is 22.8 Å². The van der Waals surface area contributed by atoms with E-state index in [0.29, 0.717) is 5.56 Å². The minimum absolute atomic E-state index is 0.0228. The standard InChI is InChI=1S/C19H20F3N3O3.C5H11N/c1-3-12-4-6-13(7-5-12)16(11(2)25-18(27)19(20,21)22)28-14-8-9-15(17(23)26)24-10-14;1-2-4-6-5-3-1/h4-11,16H,3H2,1-2H3,(H2,23,26)(H,25,27);6H,1-5H2/t11?,16-;/m0./s1. The first-order valence-corrected chi connectivity index (χ1v) is 11.2. The van der Waals surface area contributed by atoms with Crippen LogP contribution in [0.15, 0.2) is 42.6 Å². The number of aryl methyl sites for hydroxylation is 1. The van der Waals surface area contributed by atoms with Crippen LogP contribution in [-0.4, -0.2) is 42.1 Å². The zero-order chi connectivity index (χ0) is 25.1. The number of benzene rings is 1. The Labute approximate surface area is 197 Å². The molecule has 10 heteroatoms. The van der Waals surface area contributed by atoms with E-state index in [1.165, 1.54) is 57.6 Å². The number of nitrogens with zero attached hydrogens (tertiary/aromatic N) is 1. The normalized spacial score (nSPS) is 15.3. The maximum absolute atomic E-state index is 12.6. The fourth-order valence-corrected chi connectivity index (χ4v) is 3.31. The second-order valence-corrected chi connectivity index (χ2v) is 7.95. The number of carbonyl (C=O) groups is 2. The van der Waals surface area contributed by atoms with Crippen molar-refractivity contribution in [2.75, 3.05) is 13.1 Å². The number of hydrogen-bond donors (Lipinski definition) is 3. The minimum Gasteiger partial charge on any atom is -0.482 e. The van der Waals surface area contributed by atoms with Gasteiger partial charge in [-0.3, -0.25) is 9.59 Å². The lowest BCUT2D eigenvalue weighted by molar-refractivity contribution is -0.174. The SMILES string of the molecule is C1CCNCC1.CCc1ccc([C@@H](Oc2ccc(C(N)=O)nc2)C(C)NC(=O)C(F)(F)F)cc1. The molecule has 0 saturated carbocycles. The van der Waals surface area contributed by atoms with Crippen molar-refractivity contribution in [3.05, 3.63) is 59.4 Å². The number of carbonyl (C=O) groups excluding carboxylic acids is 2. The van der Waals surface area contributed by atoms with Gasteiger partial charge in [-0.05, 0) is 62.5 Å². The molecule has 2 aromatic rings. The Hall–Kier alpha value is -3.14. The summed E-state index contributed by atoms with van der Waals surface area (Å²) in [6.45, 7) is 5.88. The van der Waals surface area contributed by atoms with Crippen molar-refractivity contribution in [2.45, 2.75) is 57.9 Å². The molecule has 7 nitrogen and oxygen atoms in total. The summed E-state index contributed by atoms with van der Waals surface area (Å²) < 4.78 is 43.6. The van der Waals surface area contributed by atoms with Crippen LogP contribution in [0.3, 0.4) is 0 Å². The summed E-state index contributed by atoms with van der Waals surface area (Å²) in [5, 5.41) is 5.20. The van der Waals surface area contributed by atoms with Crippen LogP contribution in [0, 0.1) is 0 Å². The van der Waals surface area contributed by atoms with Crippen molar-refractivity contribution in [3.8, 4) is 5.75 Å². The van der Waals surface area contributed by atoms with Gasteiger partial charge in [0.1, 0.15) is 17.5 Å². The van der Waals surface area contributed by atoms with Crippen LogP contribution in [-0.2, 0) is 11.2 Å². The molecule has 0 bridgehead atoms. The van der Waals surface area contributed by atoms with Gasteiger partial charge in [-0.25, -0.2) is 4.98 Å². The summed E-state index contributed by atoms with van der Waals surface area (Å²) in [6, 6.07) is 8.89. The van der Waals surface area contributed by atoms with Gasteiger partial charge in [0, 0.05) is 0 Å². The van der Waals surface area contributed by atoms with E-state index in [1.807, 2.05) is 24.4 Å². The lowest BCUT2D eigenvalue weighted by Gasteiger charge is -2.27. The molecule has 1 aromatic carbocycles. The summed E-state index contributed by atoms with van der Waals surface area (Å²) in [5.41, 5.74) is 6.77. The molecule has 2 heterocycles. The average molecular weight is 481 g/mol. The molecule has 1 saturated heterocycles. The molecule has 2 amide bonds. The van der Waals surface area contributed by atoms with Gasteiger partial charge in [0.15, 0.2) is 0 Å². The second kappa shape index (κ2) is 12.9. The predicted molar refractivity (Wildman–Crippen MR) is 122 cm³/mol. The Balaban J connectivity index is 0.000000589. The smallest absolute Gasteiger partial charge is 0.471 e. The Morgan fingerprint density at radius 1 is 1.12 bits per heavy atom. The topological polar surface area (TPSA) is 106 Å². The van der Waals surface area contributed by atoms with E-state index in [0.717, 1.165) is 12.0 Å². The number of nitrogens with one attached hydrogen (secondary N) is 2. The lowest BCUT2D eigenvalue weighted by atomic mass is 10.0. The minimum atomic E-state index is -5.00. The van der Waals surface area contributed by atoms with Crippen molar-refractivity contribution in [1.82, 2.24) is 15.6 Å². The molecule has 34 heavy (non-hydrogen) atoms. The van der Waals surface area contributed by atoms with Crippen molar-refractivity contribution in [3.63, 3.8) is 0 Å². The zero-order valence-corrected chi connectivity index (χ0v) is 19.3. The molecule has 0 spiro atoms. The van der Waals surface area contributed by atoms with Crippen LogP contribution in [0.25, 0.3) is 0 Å². The summed E-state index contributed by atoms with van der Waals surface area (Å²) in [7, 11) is 0. The third-order valence-corrected chi connectivity index (χ3v) is 5.25. The molecular weight excluding hydrogens is 449 g/mol. The van der Waals surface area contributed by atoms with Crippen LogP contribution in [0.2, 0.25) is 0 Å². The van der Waals surface area contributed by atoms with Gasteiger partial charge in [0.25, 0.3) is 5.91 Å². The third kappa shape index (κ3) is 8.66. The number of aromatic nitrogens is 1. The summed E-state index contributed by atoms with van der Waals surface area (Å²) in [4.78, 5) is 26.3. The monoisotopic (exact) mass is 480 g/mol. The number of halogens is 3. The highest BCUT2D eigenvalue weighted by atomic mass is 19.4. The second-order valence-electron chi connectivity index (χ2n) is 7.95. The molecule has 186 valence electrons. The van der Waals surface area contributed by atoms with Gasteiger partial charge in [-0.2, -0.15) is 13.2 Å². The fourth-order valence-electron chi connectivity index (χ4n) is 3.31. The van der Waals surface area contributed by atoms with E-state index in [2.05, 4.69) is 10.3 Å². The quantitative estimate of drug-likeness (QED) is 0.561. The molecule has 1 aliphatic rings. The first-order valence-electron chi connectivity index (χ1n) is 11.2. The fraction of sp³-hybridized carbons (Fsp3) is 0.458. The van der Waals surface area contributed by atoms with Crippen LogP contribution in [0.5, 0.6) is 5.75 Å². The van der Waals surface area contributed by atoms with Gasteiger partial charge in [0.2, 0.25) is 0 Å². The largest absolute Gasteiger partial charge is 0.482 e. The molecule has 1 aromatic heterocycles. The third-order valence-electron chi connectivity index (χ3n) is 5.25. The van der Waals surface area contributed by atoms with Crippen molar-refractivity contribution in [1.29, 1.82) is 0 Å². The van der Waals surface area contributed by atoms with Crippen LogP contribution < -0.4 is 21.1 Å². The number of rotatable bonds is 7. The summed E-state index contributed by atoms with van der Waals surface area (Å²) in [5.74, 6) is -2.56. The highest BCUT2D eigenvalue weighted by molar-refractivity contribution is 5.90. The van der Waals surface area contributed by atoms with Gasteiger partial charge < -0.3 is 21.1 Å². The first kappa shape index (κ1) is 27.1. The molecule has 4 N–H and O–H groups in total. The van der Waals surface area contributed by atoms with Crippen LogP contribution in [0.4, 0.5) is 13.2 Å². The number of amides is 2. The Bertz CT molecular complexity index is 903. The average Bonchev–Trinajstić information content (AvgIpc) is 2.83. The first-order chi connectivity index (χ1) is 16.1. The van der Waals surface area contributed by atoms with E-state index in [-0.39, 0.29) is 11.4 Å². The van der Waals surface area contributed by atoms with Gasteiger partial charge in [0.05, 0.1) is 12.2 Å². The van der Waals surface area contributed by atoms with Gasteiger partial charge in [-0.15, -0.1) is 0 Å². The number of piperidine rings is 1. The Kier molecular flexibility index (Phi) is 10.3. The molecular formula is C24H31F3N4O3. The maximum atomic E-state index is 12.6. The van der Waals surface area contributed by atoms with Gasteiger partial charge >= 0.3 is 12.1 Å². The lowest BCUT2D eigenvalue weighted by Crippen LogP contribution is -2.45. The van der Waals surface area contributed by atoms with Crippen LogP contribution >= 0.6 is 0 Å². The molecule has 3 rings (SSSR count). The number of hydrogen-bond acceptors (Lipinski definition) is 5. The van der Waals surface area contributed by atoms with Crippen molar-refractivity contribution in [2.24, 2.45) is 5.73 Å². The Morgan fingerprint density at radius 2 is 1.76 bits per heavy atom. The molecule has 1 aliphatic heterocycles. The number of primary amides is 1. The van der Waals surface area contributed by atoms with Crippen LogP contribution in [0.1, 0.15) is 60.8 Å². The number of pyridine rings is 1. The highest BCUT2D eigenvalue weighted by Crippen LogP contribution is 2.26. The van der Waals surface area contributed by atoms with E-state index in [1.54, 1.807) is 12.1 Å². The van der Waals surface area contributed by atoms with Crippen molar-refractivity contribution >= 4 is 11.8 Å². The maximum Gasteiger partial charge on any atom is 0.471 e. The Morgan fingerprint density at radius 3 is 2.18 bits per heavy atom. The molecule has 1 fully saturated rings. The molecule has 2 atom stereocenters. The van der Waals surface area contributed by atoms with E-state index in [4.69, 9.17) is 10.5 Å². The van der Waals surface area contributed by atoms with E-state index < -0.39 is 30.1 Å². The van der Waals surface area contributed by atoms with Crippen molar-refractivity contribution < 1.29 is 27.5 Å². The summed E-state index contributed by atoms with van der Waals surface area (Å²) in [6.07, 6.45) is 0.331. The van der Waals surface area contributed by atoms with Gasteiger partial charge in [-0.1, -0.05) is 37.6 Å². The number of alkyl halides is 3. The number of ether oxygens (including phenoxy) is 1. The van der Waals surface area contributed by atoms with E-state index >= 15 is 0 Å². The highest BCUT2D eigenvalue weighted by Gasteiger charge is 2.40. The molecule has 1 unspecified atom stereocenters. The number of nitrogens with two attached hydrogens (primary N) is 1. The zero-order valence-electron chi connectivity index (χ0n) is 19.3. The molecule has 0 radical (unpaired) electrons.